The van der Waals surface area contributed by atoms with Gasteiger partial charge in [-0.25, -0.2) is 0 Å². The number of rotatable bonds is 3. The number of benzene rings is 1. The summed E-state index contributed by atoms with van der Waals surface area (Å²) in [7, 11) is 0. The van der Waals surface area contributed by atoms with Crippen LogP contribution < -0.4 is 5.32 Å². The Hall–Kier alpha value is -1.53. The molecule has 0 aliphatic carbocycles. The van der Waals surface area contributed by atoms with Crippen LogP contribution in [0.15, 0.2) is 29.2 Å². The van der Waals surface area contributed by atoms with Crippen LogP contribution in [0.3, 0.4) is 0 Å². The lowest BCUT2D eigenvalue weighted by Gasteiger charge is -2.34. The van der Waals surface area contributed by atoms with E-state index in [1.165, 1.54) is 0 Å². The van der Waals surface area contributed by atoms with Crippen LogP contribution in [0.1, 0.15) is 17.3 Å². The van der Waals surface area contributed by atoms with E-state index in [1.807, 2.05) is 6.92 Å². The van der Waals surface area contributed by atoms with Crippen LogP contribution in [0.2, 0.25) is 0 Å². The Bertz CT molecular complexity index is 490. The summed E-state index contributed by atoms with van der Waals surface area (Å²) in [5.74, 6) is -0.329. The zero-order chi connectivity index (χ0) is 14.5. The van der Waals surface area contributed by atoms with Gasteiger partial charge in [-0.15, -0.1) is 12.6 Å². The van der Waals surface area contributed by atoms with Gasteiger partial charge in [-0.3, -0.25) is 9.59 Å². The third-order valence-corrected chi connectivity index (χ3v) is 3.46. The van der Waals surface area contributed by atoms with Crippen molar-refractivity contribution in [2.75, 3.05) is 26.3 Å². The molecule has 2 amide bonds. The highest BCUT2D eigenvalue weighted by Gasteiger charge is 2.32. The quantitative estimate of drug-likeness (QED) is 0.816. The molecule has 2 rings (SSSR count). The minimum atomic E-state index is -0.563. The first kappa shape index (κ1) is 14.9. The summed E-state index contributed by atoms with van der Waals surface area (Å²) < 4.78 is 5.32. The van der Waals surface area contributed by atoms with E-state index in [0.717, 1.165) is 4.90 Å². The van der Waals surface area contributed by atoms with Crippen molar-refractivity contribution in [1.82, 2.24) is 10.2 Å². The van der Waals surface area contributed by atoms with Gasteiger partial charge in [-0.05, 0) is 31.2 Å². The van der Waals surface area contributed by atoms with Gasteiger partial charge in [0.1, 0.15) is 6.04 Å². The zero-order valence-electron chi connectivity index (χ0n) is 11.3. The maximum absolute atomic E-state index is 12.5. The summed E-state index contributed by atoms with van der Waals surface area (Å²) >= 11 is 4.20. The minimum Gasteiger partial charge on any atom is -0.377 e. The lowest BCUT2D eigenvalue weighted by atomic mass is 10.1. The Morgan fingerprint density at radius 2 is 2.10 bits per heavy atom. The number of ether oxygens (including phenoxy) is 1. The minimum absolute atomic E-state index is 0.155. The van der Waals surface area contributed by atoms with E-state index in [4.69, 9.17) is 4.74 Å². The van der Waals surface area contributed by atoms with Crippen LogP contribution in [-0.4, -0.2) is 49.1 Å². The molecule has 1 unspecified atom stereocenters. The second-order valence-corrected chi connectivity index (χ2v) is 5.05. The second kappa shape index (κ2) is 6.76. The smallest absolute Gasteiger partial charge is 0.254 e. The average molecular weight is 294 g/mol. The van der Waals surface area contributed by atoms with Crippen molar-refractivity contribution < 1.29 is 14.3 Å². The van der Waals surface area contributed by atoms with Crippen molar-refractivity contribution in [3.05, 3.63) is 29.8 Å². The van der Waals surface area contributed by atoms with E-state index in [1.54, 1.807) is 29.2 Å². The van der Waals surface area contributed by atoms with Gasteiger partial charge in [0.05, 0.1) is 13.2 Å². The number of thiol groups is 1. The predicted molar refractivity (Wildman–Crippen MR) is 78.0 cm³/mol. The molecule has 1 saturated heterocycles. The number of hydrogen-bond donors (Lipinski definition) is 2. The van der Waals surface area contributed by atoms with Gasteiger partial charge >= 0.3 is 0 Å². The summed E-state index contributed by atoms with van der Waals surface area (Å²) in [5.41, 5.74) is 0.555. The molecule has 0 saturated carbocycles. The van der Waals surface area contributed by atoms with Crippen molar-refractivity contribution in [3.8, 4) is 0 Å². The molecular formula is C14H18N2O3S. The SMILES string of the molecule is CCNC(=O)C1COCCN1C(=O)c1ccc(S)cc1. The van der Waals surface area contributed by atoms with Crippen molar-refractivity contribution in [3.63, 3.8) is 0 Å². The molecule has 0 aromatic heterocycles. The second-order valence-electron chi connectivity index (χ2n) is 4.53. The fourth-order valence-electron chi connectivity index (χ4n) is 2.13. The van der Waals surface area contributed by atoms with Crippen LogP contribution in [-0.2, 0) is 9.53 Å². The largest absolute Gasteiger partial charge is 0.377 e. The van der Waals surface area contributed by atoms with Crippen LogP contribution in [0.5, 0.6) is 0 Å². The maximum Gasteiger partial charge on any atom is 0.254 e. The number of carbonyl (C=O) groups excluding carboxylic acids is 2. The molecule has 1 atom stereocenters. The van der Waals surface area contributed by atoms with Crippen LogP contribution in [0.4, 0.5) is 0 Å². The molecule has 1 N–H and O–H groups in total. The molecule has 6 heteroatoms. The van der Waals surface area contributed by atoms with E-state index >= 15 is 0 Å². The van der Waals surface area contributed by atoms with Crippen molar-refractivity contribution >= 4 is 24.4 Å². The number of morpholine rings is 1. The van der Waals surface area contributed by atoms with Gasteiger partial charge in [0, 0.05) is 23.5 Å². The Labute approximate surface area is 123 Å². The van der Waals surface area contributed by atoms with Gasteiger partial charge in [0.2, 0.25) is 5.91 Å². The fraction of sp³-hybridized carbons (Fsp3) is 0.429. The highest BCUT2D eigenvalue weighted by Crippen LogP contribution is 2.15. The molecule has 1 aliphatic rings. The van der Waals surface area contributed by atoms with Gasteiger partial charge in [0.15, 0.2) is 0 Å². The van der Waals surface area contributed by atoms with Crippen LogP contribution >= 0.6 is 12.6 Å². The number of nitrogens with one attached hydrogen (secondary N) is 1. The number of amides is 2. The van der Waals surface area contributed by atoms with Crippen LogP contribution in [0, 0.1) is 0 Å². The molecule has 1 heterocycles. The lowest BCUT2D eigenvalue weighted by molar-refractivity contribution is -0.130. The number of likely N-dealkylation sites (N-methyl/N-ethyl adjacent to an activating group) is 1. The maximum atomic E-state index is 12.5. The standard InChI is InChI=1S/C14H18N2O3S/c1-2-15-13(17)12-9-19-8-7-16(12)14(18)10-3-5-11(20)6-4-10/h3-6,12,20H,2,7-9H2,1H3,(H,15,17). The monoisotopic (exact) mass is 294 g/mol. The predicted octanol–water partition coefficient (Wildman–Crippen LogP) is 0.952. The normalized spacial score (nSPS) is 18.7. The van der Waals surface area contributed by atoms with E-state index in [0.29, 0.717) is 25.3 Å². The summed E-state index contributed by atoms with van der Waals surface area (Å²) in [6, 6.07) is 6.39. The van der Waals surface area contributed by atoms with Crippen molar-refractivity contribution in [2.24, 2.45) is 0 Å². The average Bonchev–Trinajstić information content (AvgIpc) is 2.47. The first-order valence-electron chi connectivity index (χ1n) is 6.59. The Balaban J connectivity index is 2.16. The van der Waals surface area contributed by atoms with E-state index in [2.05, 4.69) is 17.9 Å². The Kier molecular flexibility index (Phi) is 5.03. The highest BCUT2D eigenvalue weighted by molar-refractivity contribution is 7.80. The molecule has 1 fully saturated rings. The summed E-state index contributed by atoms with van der Waals surface area (Å²) in [6.45, 7) is 3.49. The Morgan fingerprint density at radius 3 is 2.75 bits per heavy atom. The third kappa shape index (κ3) is 3.32. The molecule has 0 radical (unpaired) electrons. The third-order valence-electron chi connectivity index (χ3n) is 3.16. The molecule has 0 bridgehead atoms. The van der Waals surface area contributed by atoms with E-state index in [9.17, 15) is 9.59 Å². The molecule has 108 valence electrons. The molecule has 20 heavy (non-hydrogen) atoms. The molecule has 0 spiro atoms. The Morgan fingerprint density at radius 1 is 1.40 bits per heavy atom. The first-order valence-corrected chi connectivity index (χ1v) is 7.03. The first-order chi connectivity index (χ1) is 9.63. The van der Waals surface area contributed by atoms with E-state index < -0.39 is 6.04 Å². The molecule has 1 aliphatic heterocycles. The lowest BCUT2D eigenvalue weighted by Crippen LogP contribution is -2.55. The van der Waals surface area contributed by atoms with E-state index in [-0.39, 0.29) is 18.4 Å². The van der Waals surface area contributed by atoms with Gasteiger partial charge < -0.3 is 15.0 Å². The summed E-state index contributed by atoms with van der Waals surface area (Å²) in [5, 5.41) is 2.74. The van der Waals surface area contributed by atoms with Crippen molar-refractivity contribution in [2.45, 2.75) is 17.9 Å². The number of nitrogens with zero attached hydrogens (tertiary/aromatic N) is 1. The summed E-state index contributed by atoms with van der Waals surface area (Å²) in [6.07, 6.45) is 0. The molecule has 1 aromatic carbocycles. The van der Waals surface area contributed by atoms with Crippen molar-refractivity contribution in [1.29, 1.82) is 0 Å². The zero-order valence-corrected chi connectivity index (χ0v) is 12.2. The number of carbonyl (C=O) groups is 2. The molecule has 1 aromatic rings. The van der Waals surface area contributed by atoms with Gasteiger partial charge in [-0.2, -0.15) is 0 Å². The summed E-state index contributed by atoms with van der Waals surface area (Å²) in [4.78, 5) is 26.9. The van der Waals surface area contributed by atoms with Gasteiger partial charge in [-0.1, -0.05) is 0 Å². The van der Waals surface area contributed by atoms with Gasteiger partial charge in [0.25, 0.3) is 5.91 Å². The topological polar surface area (TPSA) is 58.6 Å². The molecule has 5 nitrogen and oxygen atoms in total. The number of hydrogen-bond acceptors (Lipinski definition) is 4. The molecular weight excluding hydrogens is 276 g/mol. The fourth-order valence-corrected chi connectivity index (χ4v) is 2.27. The highest BCUT2D eigenvalue weighted by atomic mass is 32.1. The van der Waals surface area contributed by atoms with Crippen LogP contribution in [0.25, 0.3) is 0 Å².